The molecule has 0 heterocycles. The van der Waals surface area contributed by atoms with Crippen LogP contribution in [0, 0.1) is 0 Å². The van der Waals surface area contributed by atoms with Gasteiger partial charge in [0, 0.05) is 0 Å². The van der Waals surface area contributed by atoms with Crippen LogP contribution in [0.2, 0.25) is 0 Å². The first-order valence-corrected chi connectivity index (χ1v) is 3.15. The molecule has 0 fully saturated rings. The monoisotopic (exact) mass is 159 g/mol. The number of carbonyl (C=O) groups is 1. The Morgan fingerprint density at radius 2 is 2.40 bits per heavy atom. The number of hydrogen-bond acceptors (Lipinski definition) is 3. The van der Waals surface area contributed by atoms with Crippen molar-refractivity contribution in [2.75, 3.05) is 0 Å². The van der Waals surface area contributed by atoms with Crippen molar-refractivity contribution in [1.29, 1.82) is 0 Å². The highest BCUT2D eigenvalue weighted by Gasteiger charge is 1.99. The lowest BCUT2D eigenvalue weighted by Gasteiger charge is -1.96. The molecule has 56 valence electrons. The minimum absolute atomic E-state index is 0.101. The first kappa shape index (κ1) is 9.26. The van der Waals surface area contributed by atoms with E-state index in [1.165, 1.54) is 17.0 Å². The van der Waals surface area contributed by atoms with Crippen molar-refractivity contribution in [3.63, 3.8) is 0 Å². The summed E-state index contributed by atoms with van der Waals surface area (Å²) in [6.45, 7) is 3.44. The lowest BCUT2D eigenvalue weighted by atomic mass is 10.2. The van der Waals surface area contributed by atoms with Gasteiger partial charge in [0.15, 0.2) is 0 Å². The van der Waals surface area contributed by atoms with E-state index < -0.39 is 5.91 Å². The molecule has 10 heavy (non-hydrogen) atoms. The lowest BCUT2D eigenvalue weighted by molar-refractivity contribution is -0.128. The molecule has 0 bridgehead atoms. The maximum Gasteiger partial charge on any atom is 0.247 e. The molecular formula is C6H9NO2S. The number of rotatable bonds is 3. The summed E-state index contributed by atoms with van der Waals surface area (Å²) in [6.07, 6.45) is 1.60. The molecule has 0 unspecified atom stereocenters. The number of carbonyl (C=O) groups excluding carboxylic acids is 1. The standard InChI is InChI=1S/C6H9NO2S/c1-2-5(4-10)3-6(8)7-9/h2,4,9-10H,1,3H2,(H,7,8)/b5-4+. The van der Waals surface area contributed by atoms with Crippen molar-refractivity contribution in [2.45, 2.75) is 6.42 Å². The minimum Gasteiger partial charge on any atom is -0.289 e. The fourth-order valence-electron chi connectivity index (χ4n) is 0.395. The molecule has 0 aliphatic carbocycles. The van der Waals surface area contributed by atoms with E-state index in [9.17, 15) is 4.79 Å². The summed E-state index contributed by atoms with van der Waals surface area (Å²) in [6, 6.07) is 0. The predicted octanol–water partition coefficient (Wildman–Crippen LogP) is 0.882. The number of nitrogens with one attached hydrogen (secondary N) is 1. The largest absolute Gasteiger partial charge is 0.289 e. The predicted molar refractivity (Wildman–Crippen MR) is 41.8 cm³/mol. The van der Waals surface area contributed by atoms with Crippen LogP contribution in [0.5, 0.6) is 0 Å². The van der Waals surface area contributed by atoms with Gasteiger partial charge in [-0.25, -0.2) is 5.48 Å². The third-order valence-corrected chi connectivity index (χ3v) is 1.25. The van der Waals surface area contributed by atoms with Crippen LogP contribution in [0.3, 0.4) is 0 Å². The van der Waals surface area contributed by atoms with E-state index in [-0.39, 0.29) is 6.42 Å². The van der Waals surface area contributed by atoms with Gasteiger partial charge in [0.2, 0.25) is 5.91 Å². The molecule has 0 aromatic rings. The second-order valence-electron chi connectivity index (χ2n) is 1.62. The van der Waals surface area contributed by atoms with E-state index in [0.717, 1.165) is 0 Å². The summed E-state index contributed by atoms with van der Waals surface area (Å²) in [4.78, 5) is 10.5. The van der Waals surface area contributed by atoms with Gasteiger partial charge in [0.25, 0.3) is 0 Å². The van der Waals surface area contributed by atoms with Crippen LogP contribution in [0.15, 0.2) is 23.6 Å². The maximum atomic E-state index is 10.5. The van der Waals surface area contributed by atoms with Gasteiger partial charge in [-0.3, -0.25) is 10.0 Å². The topological polar surface area (TPSA) is 49.3 Å². The second kappa shape index (κ2) is 5.08. The van der Waals surface area contributed by atoms with Crippen molar-refractivity contribution in [1.82, 2.24) is 5.48 Å². The fourth-order valence-corrected chi connectivity index (χ4v) is 0.592. The molecule has 0 saturated carbocycles. The van der Waals surface area contributed by atoms with Crippen molar-refractivity contribution >= 4 is 18.5 Å². The number of amides is 1. The zero-order valence-corrected chi connectivity index (χ0v) is 6.27. The molecule has 0 spiro atoms. The summed E-state index contributed by atoms with van der Waals surface area (Å²) in [5.74, 6) is -0.472. The van der Waals surface area contributed by atoms with E-state index in [1.807, 2.05) is 0 Å². The van der Waals surface area contributed by atoms with Crippen LogP contribution in [0.4, 0.5) is 0 Å². The van der Waals surface area contributed by atoms with Crippen LogP contribution in [-0.2, 0) is 4.79 Å². The lowest BCUT2D eigenvalue weighted by Crippen LogP contribution is -2.18. The number of hydroxylamine groups is 1. The van der Waals surface area contributed by atoms with Crippen LogP contribution in [0.1, 0.15) is 6.42 Å². The second-order valence-corrected chi connectivity index (χ2v) is 1.88. The molecule has 0 aliphatic heterocycles. The highest BCUT2D eigenvalue weighted by atomic mass is 32.1. The van der Waals surface area contributed by atoms with Gasteiger partial charge in [-0.05, 0) is 11.0 Å². The third-order valence-electron chi connectivity index (χ3n) is 0.917. The van der Waals surface area contributed by atoms with Crippen molar-refractivity contribution < 1.29 is 10.0 Å². The first-order valence-electron chi connectivity index (χ1n) is 2.63. The molecule has 0 aliphatic rings. The summed E-state index contributed by atoms with van der Waals surface area (Å²) >= 11 is 3.81. The van der Waals surface area contributed by atoms with Gasteiger partial charge in [-0.2, -0.15) is 12.6 Å². The zero-order valence-electron chi connectivity index (χ0n) is 5.37. The maximum absolute atomic E-state index is 10.5. The van der Waals surface area contributed by atoms with Crippen LogP contribution >= 0.6 is 12.6 Å². The zero-order chi connectivity index (χ0) is 7.98. The Bertz CT molecular complexity index is 165. The van der Waals surface area contributed by atoms with E-state index in [0.29, 0.717) is 5.57 Å². The van der Waals surface area contributed by atoms with Gasteiger partial charge in [0.1, 0.15) is 0 Å². The van der Waals surface area contributed by atoms with E-state index in [4.69, 9.17) is 5.21 Å². The Hall–Kier alpha value is -0.740. The van der Waals surface area contributed by atoms with Crippen LogP contribution < -0.4 is 5.48 Å². The average Bonchev–Trinajstić information content (AvgIpc) is 1.99. The molecule has 4 heteroatoms. The van der Waals surface area contributed by atoms with Gasteiger partial charge in [0.05, 0.1) is 6.42 Å². The molecule has 3 nitrogen and oxygen atoms in total. The normalized spacial score (nSPS) is 10.8. The SMILES string of the molecule is C=C/C(=C\S)CC(=O)NO. The fraction of sp³-hybridized carbons (Fsp3) is 0.167. The highest BCUT2D eigenvalue weighted by Crippen LogP contribution is 2.02. The molecule has 2 N–H and O–H groups in total. The summed E-state index contributed by atoms with van der Waals surface area (Å²) < 4.78 is 0. The molecular weight excluding hydrogens is 150 g/mol. The van der Waals surface area contributed by atoms with E-state index >= 15 is 0 Å². The van der Waals surface area contributed by atoms with Gasteiger partial charge in [-0.1, -0.05) is 12.7 Å². The van der Waals surface area contributed by atoms with Crippen molar-refractivity contribution in [3.05, 3.63) is 23.6 Å². The Morgan fingerprint density at radius 3 is 2.70 bits per heavy atom. The molecule has 0 aromatic heterocycles. The van der Waals surface area contributed by atoms with Gasteiger partial charge >= 0.3 is 0 Å². The molecule has 0 saturated heterocycles. The Balaban J connectivity index is 3.87. The third kappa shape index (κ3) is 3.32. The Labute approximate surface area is 64.8 Å². The summed E-state index contributed by atoms with van der Waals surface area (Å²) in [5, 5.41) is 9.55. The van der Waals surface area contributed by atoms with Crippen molar-refractivity contribution in [2.24, 2.45) is 0 Å². The van der Waals surface area contributed by atoms with Gasteiger partial charge < -0.3 is 0 Å². The minimum atomic E-state index is -0.472. The number of hydrogen-bond donors (Lipinski definition) is 3. The Kier molecular flexibility index (Phi) is 4.70. The summed E-state index contributed by atoms with van der Waals surface area (Å²) in [7, 11) is 0. The van der Waals surface area contributed by atoms with Crippen LogP contribution in [0.25, 0.3) is 0 Å². The molecule has 0 rings (SSSR count). The number of allylic oxidation sites excluding steroid dienone is 1. The summed E-state index contributed by atoms with van der Waals surface area (Å²) in [5.41, 5.74) is 2.16. The quantitative estimate of drug-likeness (QED) is 0.248. The van der Waals surface area contributed by atoms with E-state index in [2.05, 4.69) is 19.2 Å². The first-order chi connectivity index (χ1) is 4.74. The van der Waals surface area contributed by atoms with Crippen LogP contribution in [-0.4, -0.2) is 11.1 Å². The molecule has 0 aromatic carbocycles. The molecule has 0 radical (unpaired) electrons. The number of thiol groups is 1. The average molecular weight is 159 g/mol. The van der Waals surface area contributed by atoms with Crippen molar-refractivity contribution in [3.8, 4) is 0 Å². The molecule has 1 amide bonds. The smallest absolute Gasteiger partial charge is 0.247 e. The Morgan fingerprint density at radius 1 is 1.80 bits per heavy atom. The van der Waals surface area contributed by atoms with E-state index in [1.54, 1.807) is 0 Å². The van der Waals surface area contributed by atoms with Gasteiger partial charge in [-0.15, -0.1) is 0 Å². The molecule has 0 atom stereocenters. The highest BCUT2D eigenvalue weighted by molar-refractivity contribution is 7.83.